The van der Waals surface area contributed by atoms with Crippen molar-refractivity contribution >= 4 is 11.9 Å². The maximum absolute atomic E-state index is 12.6. The van der Waals surface area contributed by atoms with E-state index in [-0.39, 0.29) is 30.5 Å². The minimum atomic E-state index is -0.790. The first-order valence-corrected chi connectivity index (χ1v) is 7.40. The number of rotatable bonds is 5. The lowest BCUT2D eigenvalue weighted by Crippen LogP contribution is -2.50. The summed E-state index contributed by atoms with van der Waals surface area (Å²) in [7, 11) is 1.66. The number of carboxylic acids is 1. The molecule has 114 valence electrons. The zero-order chi connectivity index (χ0) is 14.5. The van der Waals surface area contributed by atoms with Crippen LogP contribution >= 0.6 is 0 Å². The lowest BCUT2D eigenvalue weighted by Gasteiger charge is -2.37. The molecule has 2 aliphatic rings. The van der Waals surface area contributed by atoms with Crippen molar-refractivity contribution < 1.29 is 19.4 Å². The van der Waals surface area contributed by atoms with Crippen LogP contribution in [0.5, 0.6) is 0 Å². The number of carbonyl (C=O) groups excluding carboxylic acids is 1. The summed E-state index contributed by atoms with van der Waals surface area (Å²) in [6.45, 7) is 1.46. The van der Waals surface area contributed by atoms with Crippen molar-refractivity contribution in [2.75, 3.05) is 20.2 Å². The first kappa shape index (κ1) is 15.3. The summed E-state index contributed by atoms with van der Waals surface area (Å²) in [6, 6.07) is -0.0962. The molecule has 0 aliphatic carbocycles. The number of methoxy groups -OCH3 is 1. The van der Waals surface area contributed by atoms with Crippen molar-refractivity contribution in [3.63, 3.8) is 0 Å². The maximum atomic E-state index is 12.6. The van der Waals surface area contributed by atoms with E-state index >= 15 is 0 Å². The molecular formula is C14H24N2O4. The standard InChI is InChI=1S/C14H24N2O4/c1-20-11-8-12(15-9-11)14(19)16-7-3-2-4-10(16)5-6-13(17)18/h10-12,15H,2-9H2,1H3,(H,17,18). The molecule has 3 unspecified atom stereocenters. The van der Waals surface area contributed by atoms with Crippen LogP contribution in [0.3, 0.4) is 0 Å². The van der Waals surface area contributed by atoms with E-state index < -0.39 is 5.97 Å². The Morgan fingerprint density at radius 1 is 1.40 bits per heavy atom. The van der Waals surface area contributed by atoms with E-state index in [9.17, 15) is 9.59 Å². The molecule has 1 amide bonds. The number of carboxylic acid groups (broad SMARTS) is 1. The summed E-state index contributed by atoms with van der Waals surface area (Å²) in [5, 5.41) is 12.0. The fourth-order valence-electron chi connectivity index (χ4n) is 3.15. The predicted octanol–water partition coefficient (Wildman–Crippen LogP) is 0.609. The van der Waals surface area contributed by atoms with Gasteiger partial charge in [-0.15, -0.1) is 0 Å². The molecule has 2 fully saturated rings. The number of likely N-dealkylation sites (tertiary alicyclic amines) is 1. The van der Waals surface area contributed by atoms with Crippen LogP contribution in [0, 0.1) is 0 Å². The van der Waals surface area contributed by atoms with Crippen LogP contribution in [0.15, 0.2) is 0 Å². The van der Waals surface area contributed by atoms with Crippen molar-refractivity contribution in [3.8, 4) is 0 Å². The highest BCUT2D eigenvalue weighted by Crippen LogP contribution is 2.23. The number of hydrogen-bond acceptors (Lipinski definition) is 4. The summed E-state index contributed by atoms with van der Waals surface area (Å²) in [5.74, 6) is -0.680. The number of piperidine rings is 1. The number of hydrogen-bond donors (Lipinski definition) is 2. The molecule has 0 bridgehead atoms. The first-order valence-electron chi connectivity index (χ1n) is 7.40. The van der Waals surface area contributed by atoms with Crippen molar-refractivity contribution in [1.82, 2.24) is 10.2 Å². The van der Waals surface area contributed by atoms with Crippen LogP contribution in [0.4, 0.5) is 0 Å². The molecule has 0 radical (unpaired) electrons. The third kappa shape index (κ3) is 3.70. The van der Waals surface area contributed by atoms with Gasteiger partial charge in [-0.2, -0.15) is 0 Å². The number of ether oxygens (including phenoxy) is 1. The van der Waals surface area contributed by atoms with Gasteiger partial charge in [-0.3, -0.25) is 9.59 Å². The van der Waals surface area contributed by atoms with Gasteiger partial charge in [0.1, 0.15) is 0 Å². The van der Waals surface area contributed by atoms with Crippen LogP contribution < -0.4 is 5.32 Å². The molecule has 2 saturated heterocycles. The average Bonchev–Trinajstić information content (AvgIpc) is 2.93. The summed E-state index contributed by atoms with van der Waals surface area (Å²) in [5.41, 5.74) is 0. The second-order valence-corrected chi connectivity index (χ2v) is 5.67. The Morgan fingerprint density at radius 3 is 2.85 bits per heavy atom. The molecule has 0 spiro atoms. The molecular weight excluding hydrogens is 260 g/mol. The third-order valence-corrected chi connectivity index (χ3v) is 4.32. The van der Waals surface area contributed by atoms with Gasteiger partial charge in [-0.05, 0) is 32.1 Å². The van der Waals surface area contributed by atoms with E-state index in [1.165, 1.54) is 0 Å². The topological polar surface area (TPSA) is 78.9 Å². The van der Waals surface area contributed by atoms with Crippen LogP contribution in [-0.2, 0) is 14.3 Å². The molecule has 6 nitrogen and oxygen atoms in total. The molecule has 3 atom stereocenters. The number of nitrogens with zero attached hydrogens (tertiary/aromatic N) is 1. The van der Waals surface area contributed by atoms with E-state index in [0.717, 1.165) is 25.8 Å². The van der Waals surface area contributed by atoms with Crippen LogP contribution in [0.1, 0.15) is 38.5 Å². The molecule has 0 aromatic rings. The van der Waals surface area contributed by atoms with Crippen LogP contribution in [-0.4, -0.2) is 60.3 Å². The number of carbonyl (C=O) groups is 2. The van der Waals surface area contributed by atoms with Gasteiger partial charge in [-0.25, -0.2) is 0 Å². The first-order chi connectivity index (χ1) is 9.61. The molecule has 0 aromatic carbocycles. The highest BCUT2D eigenvalue weighted by atomic mass is 16.5. The number of nitrogens with one attached hydrogen (secondary N) is 1. The zero-order valence-electron chi connectivity index (χ0n) is 12.0. The molecule has 2 N–H and O–H groups in total. The van der Waals surface area contributed by atoms with Gasteiger partial charge >= 0.3 is 5.97 Å². The Bertz CT molecular complexity index is 361. The summed E-state index contributed by atoms with van der Waals surface area (Å²) < 4.78 is 5.27. The Balaban J connectivity index is 1.93. The van der Waals surface area contributed by atoms with Crippen molar-refractivity contribution in [3.05, 3.63) is 0 Å². The van der Waals surface area contributed by atoms with Crippen LogP contribution in [0.2, 0.25) is 0 Å². The van der Waals surface area contributed by atoms with E-state index in [1.54, 1.807) is 7.11 Å². The second kappa shape index (κ2) is 7.04. The Morgan fingerprint density at radius 2 is 2.20 bits per heavy atom. The monoisotopic (exact) mass is 284 g/mol. The molecule has 20 heavy (non-hydrogen) atoms. The largest absolute Gasteiger partial charge is 0.481 e. The fourth-order valence-corrected chi connectivity index (χ4v) is 3.15. The Labute approximate surface area is 119 Å². The summed E-state index contributed by atoms with van der Waals surface area (Å²) in [6.07, 6.45) is 4.50. The third-order valence-electron chi connectivity index (χ3n) is 4.32. The van der Waals surface area contributed by atoms with Gasteiger partial charge in [0.25, 0.3) is 0 Å². The van der Waals surface area contributed by atoms with Gasteiger partial charge in [0.2, 0.25) is 5.91 Å². The van der Waals surface area contributed by atoms with E-state index in [2.05, 4.69) is 5.32 Å². The highest BCUT2D eigenvalue weighted by molar-refractivity contribution is 5.82. The smallest absolute Gasteiger partial charge is 0.303 e. The summed E-state index contributed by atoms with van der Waals surface area (Å²) >= 11 is 0. The molecule has 2 aliphatic heterocycles. The molecule has 2 rings (SSSR count). The Hall–Kier alpha value is -1.14. The SMILES string of the molecule is COC1CNC(C(=O)N2CCCCC2CCC(=O)O)C1. The second-order valence-electron chi connectivity index (χ2n) is 5.67. The molecule has 2 heterocycles. The maximum Gasteiger partial charge on any atom is 0.303 e. The average molecular weight is 284 g/mol. The molecule has 0 aromatic heterocycles. The van der Waals surface area contributed by atoms with Gasteiger partial charge in [-0.1, -0.05) is 0 Å². The van der Waals surface area contributed by atoms with E-state index in [0.29, 0.717) is 19.4 Å². The number of aliphatic carboxylic acids is 1. The highest BCUT2D eigenvalue weighted by Gasteiger charge is 2.35. The van der Waals surface area contributed by atoms with Crippen molar-refractivity contribution in [2.45, 2.75) is 56.7 Å². The van der Waals surface area contributed by atoms with Crippen molar-refractivity contribution in [1.29, 1.82) is 0 Å². The predicted molar refractivity (Wildman–Crippen MR) is 73.4 cm³/mol. The minimum absolute atomic E-state index is 0.0794. The molecule has 0 saturated carbocycles. The normalized spacial score (nSPS) is 30.4. The van der Waals surface area contributed by atoms with Gasteiger partial charge in [0.15, 0.2) is 0 Å². The van der Waals surface area contributed by atoms with E-state index in [4.69, 9.17) is 9.84 Å². The minimum Gasteiger partial charge on any atom is -0.481 e. The quantitative estimate of drug-likeness (QED) is 0.773. The van der Waals surface area contributed by atoms with E-state index in [1.807, 2.05) is 4.90 Å². The molecule has 6 heteroatoms. The van der Waals surface area contributed by atoms with Gasteiger partial charge in [0, 0.05) is 32.7 Å². The van der Waals surface area contributed by atoms with Gasteiger partial charge in [0.05, 0.1) is 12.1 Å². The van der Waals surface area contributed by atoms with Crippen LogP contribution in [0.25, 0.3) is 0 Å². The summed E-state index contributed by atoms with van der Waals surface area (Å²) in [4.78, 5) is 25.2. The number of amides is 1. The lowest BCUT2D eigenvalue weighted by atomic mass is 9.96. The van der Waals surface area contributed by atoms with Crippen molar-refractivity contribution in [2.24, 2.45) is 0 Å². The van der Waals surface area contributed by atoms with Gasteiger partial charge < -0.3 is 20.1 Å². The zero-order valence-corrected chi connectivity index (χ0v) is 12.0. The Kier molecular flexibility index (Phi) is 5.37. The lowest BCUT2D eigenvalue weighted by molar-refractivity contribution is -0.141. The fraction of sp³-hybridized carbons (Fsp3) is 0.857.